The van der Waals surface area contributed by atoms with Gasteiger partial charge in [-0.25, -0.2) is 21.9 Å². The molecule has 5 nitrogen and oxygen atoms in total. The van der Waals surface area contributed by atoms with Crippen LogP contribution in [0.5, 0.6) is 0 Å². The van der Waals surface area contributed by atoms with Gasteiger partial charge in [0.05, 0.1) is 21.5 Å². The van der Waals surface area contributed by atoms with Crippen LogP contribution in [0.25, 0.3) is 0 Å². The molecule has 0 heterocycles. The minimum atomic E-state index is -4.84. The summed E-state index contributed by atoms with van der Waals surface area (Å²) >= 11 is 5.46. The summed E-state index contributed by atoms with van der Waals surface area (Å²) in [7, 11) is -4.34. The highest BCUT2D eigenvalue weighted by Gasteiger charge is 2.34. The Bertz CT molecular complexity index is 1040. The number of benzene rings is 2. The van der Waals surface area contributed by atoms with E-state index in [1.165, 1.54) is 6.92 Å². The lowest BCUT2D eigenvalue weighted by Gasteiger charge is -2.15. The first-order chi connectivity index (χ1) is 13.8. The first-order valence-corrected chi connectivity index (χ1v) is 10.3. The number of sulfonamides is 1. The summed E-state index contributed by atoms with van der Waals surface area (Å²) in [4.78, 5) is 11.3. The fourth-order valence-corrected chi connectivity index (χ4v) is 3.80. The van der Waals surface area contributed by atoms with Crippen LogP contribution in [0.15, 0.2) is 41.3 Å². The van der Waals surface area contributed by atoms with Crippen molar-refractivity contribution in [3.05, 3.63) is 64.2 Å². The lowest BCUT2D eigenvalue weighted by Crippen LogP contribution is -2.32. The van der Waals surface area contributed by atoms with Crippen LogP contribution in [-0.4, -0.2) is 20.9 Å². The van der Waals surface area contributed by atoms with E-state index in [2.05, 4.69) is 5.32 Å². The van der Waals surface area contributed by atoms with Gasteiger partial charge in [0.25, 0.3) is 0 Å². The second kappa shape index (κ2) is 9.27. The van der Waals surface area contributed by atoms with E-state index in [9.17, 15) is 35.2 Å². The number of hydrogen-bond acceptors (Lipinski definition) is 3. The lowest BCUT2D eigenvalue weighted by molar-refractivity contribution is -0.137. The van der Waals surface area contributed by atoms with E-state index in [-0.39, 0.29) is 12.0 Å². The number of amides is 1. The summed E-state index contributed by atoms with van der Waals surface area (Å²) in [6, 6.07) is 4.13. The molecule has 1 unspecified atom stereocenters. The largest absolute Gasteiger partial charge is 0.417 e. The third kappa shape index (κ3) is 6.13. The van der Waals surface area contributed by atoms with Crippen LogP contribution < -0.4 is 10.0 Å². The van der Waals surface area contributed by atoms with E-state index in [1.807, 2.05) is 4.72 Å². The first-order valence-electron chi connectivity index (χ1n) is 8.42. The molecule has 0 fully saturated rings. The Labute approximate surface area is 174 Å². The van der Waals surface area contributed by atoms with E-state index in [4.69, 9.17) is 11.6 Å². The lowest BCUT2D eigenvalue weighted by atomic mass is 10.1. The quantitative estimate of drug-likeness (QED) is 0.596. The summed E-state index contributed by atoms with van der Waals surface area (Å²) in [5, 5.41) is 1.77. The van der Waals surface area contributed by atoms with Crippen LogP contribution in [0.1, 0.15) is 30.5 Å². The Morgan fingerprint density at radius 1 is 1.13 bits per heavy atom. The van der Waals surface area contributed by atoms with Crippen LogP contribution in [0.3, 0.4) is 0 Å². The molecule has 0 aliphatic heterocycles. The monoisotopic (exact) mass is 470 g/mol. The molecule has 1 atom stereocenters. The molecule has 0 aromatic heterocycles. The van der Waals surface area contributed by atoms with Crippen molar-refractivity contribution in [1.82, 2.24) is 10.0 Å². The Balaban J connectivity index is 1.98. The molecule has 0 bridgehead atoms. The van der Waals surface area contributed by atoms with Gasteiger partial charge in [-0.3, -0.25) is 4.79 Å². The molecule has 2 rings (SSSR count). The van der Waals surface area contributed by atoms with Gasteiger partial charge in [0.1, 0.15) is 11.6 Å². The van der Waals surface area contributed by atoms with Crippen molar-refractivity contribution in [2.45, 2.75) is 30.5 Å². The number of carbonyl (C=O) groups is 1. The van der Waals surface area contributed by atoms with Crippen molar-refractivity contribution < 1.29 is 35.2 Å². The molecule has 2 aromatic rings. The summed E-state index contributed by atoms with van der Waals surface area (Å²) < 4.78 is 91.7. The zero-order valence-electron chi connectivity index (χ0n) is 15.4. The summed E-state index contributed by atoms with van der Waals surface area (Å²) in [6.07, 6.45) is -5.21. The second-order valence-electron chi connectivity index (χ2n) is 6.24. The molecule has 0 radical (unpaired) electrons. The predicted molar refractivity (Wildman–Crippen MR) is 99.2 cm³/mol. The second-order valence-corrected chi connectivity index (χ2v) is 8.42. The van der Waals surface area contributed by atoms with Gasteiger partial charge in [-0.1, -0.05) is 17.7 Å². The van der Waals surface area contributed by atoms with Crippen LogP contribution in [0.4, 0.5) is 22.0 Å². The van der Waals surface area contributed by atoms with Gasteiger partial charge in [0.15, 0.2) is 0 Å². The molecule has 0 spiro atoms. The minimum Gasteiger partial charge on any atom is -0.349 e. The average Bonchev–Trinajstić information content (AvgIpc) is 2.60. The highest BCUT2D eigenvalue weighted by molar-refractivity contribution is 7.89. The number of nitrogens with one attached hydrogen (secondary N) is 2. The minimum absolute atomic E-state index is 0.0335. The molecule has 0 saturated heterocycles. The third-order valence-electron chi connectivity index (χ3n) is 4.00. The van der Waals surface area contributed by atoms with E-state index >= 15 is 0 Å². The van der Waals surface area contributed by atoms with E-state index in [1.54, 1.807) is 0 Å². The zero-order chi connectivity index (χ0) is 22.7. The maximum Gasteiger partial charge on any atom is 0.417 e. The number of hydrogen-bond donors (Lipinski definition) is 2. The van der Waals surface area contributed by atoms with Crippen molar-refractivity contribution in [2.75, 3.05) is 6.54 Å². The Hall–Kier alpha value is -2.24. The topological polar surface area (TPSA) is 75.3 Å². The maximum atomic E-state index is 13.7. The smallest absolute Gasteiger partial charge is 0.349 e. The van der Waals surface area contributed by atoms with Gasteiger partial charge in [-0.15, -0.1) is 0 Å². The molecular formula is C18H16ClF5N2O3S. The van der Waals surface area contributed by atoms with Crippen molar-refractivity contribution in [3.8, 4) is 0 Å². The van der Waals surface area contributed by atoms with Crippen LogP contribution in [0.2, 0.25) is 5.02 Å². The van der Waals surface area contributed by atoms with Crippen molar-refractivity contribution in [1.29, 1.82) is 0 Å². The van der Waals surface area contributed by atoms with Gasteiger partial charge in [0.2, 0.25) is 15.9 Å². The summed E-state index contributed by atoms with van der Waals surface area (Å²) in [6.45, 7) is 1.03. The van der Waals surface area contributed by atoms with Crippen LogP contribution in [-0.2, 0) is 21.0 Å². The standard InChI is InChI=1S/C18H16ClF5N2O3S/c1-10(13-4-2-11(20)8-16(13)21)26-17(27)6-7-25-30(28,29)12-3-5-15(19)14(9-12)18(22,23)24/h2-5,8-10,25H,6-7H2,1H3,(H,26,27). The molecule has 30 heavy (non-hydrogen) atoms. The molecule has 164 valence electrons. The summed E-state index contributed by atoms with van der Waals surface area (Å²) in [5.41, 5.74) is -1.27. The molecule has 0 aliphatic carbocycles. The van der Waals surface area contributed by atoms with E-state index in [0.29, 0.717) is 12.1 Å². The molecule has 2 aromatic carbocycles. The van der Waals surface area contributed by atoms with Gasteiger partial charge in [0, 0.05) is 24.6 Å². The van der Waals surface area contributed by atoms with Gasteiger partial charge in [-0.2, -0.15) is 13.2 Å². The fraction of sp³-hybridized carbons (Fsp3) is 0.278. The number of alkyl halides is 3. The summed E-state index contributed by atoms with van der Waals surface area (Å²) in [5.74, 6) is -2.28. The van der Waals surface area contributed by atoms with Gasteiger partial charge >= 0.3 is 6.18 Å². The molecule has 0 aliphatic rings. The highest BCUT2D eigenvalue weighted by Crippen LogP contribution is 2.35. The number of carbonyl (C=O) groups excluding carboxylic acids is 1. The number of halogens is 6. The molecular weight excluding hydrogens is 455 g/mol. The highest BCUT2D eigenvalue weighted by atomic mass is 35.5. The van der Waals surface area contributed by atoms with Gasteiger partial charge < -0.3 is 5.32 Å². The Morgan fingerprint density at radius 3 is 2.40 bits per heavy atom. The van der Waals surface area contributed by atoms with Crippen molar-refractivity contribution in [2.24, 2.45) is 0 Å². The zero-order valence-corrected chi connectivity index (χ0v) is 16.9. The normalized spacial score (nSPS) is 13.2. The number of rotatable bonds is 7. The van der Waals surface area contributed by atoms with Crippen LogP contribution in [0, 0.1) is 11.6 Å². The SMILES string of the molecule is CC(NC(=O)CCNS(=O)(=O)c1ccc(Cl)c(C(F)(F)F)c1)c1ccc(F)cc1F. The Kier molecular flexibility index (Phi) is 7.43. The third-order valence-corrected chi connectivity index (χ3v) is 5.79. The van der Waals surface area contributed by atoms with E-state index in [0.717, 1.165) is 24.3 Å². The average molecular weight is 471 g/mol. The Morgan fingerprint density at radius 2 is 1.80 bits per heavy atom. The molecule has 12 heteroatoms. The predicted octanol–water partition coefficient (Wildman–Crippen LogP) is 4.18. The molecule has 0 saturated carbocycles. The van der Waals surface area contributed by atoms with Gasteiger partial charge in [-0.05, 0) is 31.2 Å². The van der Waals surface area contributed by atoms with Crippen molar-refractivity contribution >= 4 is 27.5 Å². The fourth-order valence-electron chi connectivity index (χ4n) is 2.52. The van der Waals surface area contributed by atoms with E-state index < -0.39 is 61.8 Å². The van der Waals surface area contributed by atoms with Crippen molar-refractivity contribution in [3.63, 3.8) is 0 Å². The first kappa shape index (κ1) is 24.0. The molecule has 1 amide bonds. The van der Waals surface area contributed by atoms with Crippen LogP contribution >= 0.6 is 11.6 Å². The maximum absolute atomic E-state index is 13.7. The molecule has 2 N–H and O–H groups in total.